The largest absolute Gasteiger partial charge is 0.503 e. The molecule has 0 radical (unpaired) electrons. The summed E-state index contributed by atoms with van der Waals surface area (Å²) in [4.78, 5) is 1.42. The van der Waals surface area contributed by atoms with Gasteiger partial charge in [-0.05, 0) is 34.1 Å². The number of rotatable bonds is 2. The quantitative estimate of drug-likeness (QED) is 0.785. The molecule has 0 aliphatic heterocycles. The summed E-state index contributed by atoms with van der Waals surface area (Å²) in [5.74, 6) is -1.32. The van der Waals surface area contributed by atoms with Gasteiger partial charge in [-0.2, -0.15) is 13.2 Å². The van der Waals surface area contributed by atoms with Gasteiger partial charge >= 0.3 is 6.18 Å². The summed E-state index contributed by atoms with van der Waals surface area (Å²) in [6, 6.07) is 1.98. The molecule has 0 fully saturated rings. The van der Waals surface area contributed by atoms with Crippen LogP contribution in [0.4, 0.5) is 23.4 Å². The van der Waals surface area contributed by atoms with Crippen molar-refractivity contribution in [3.8, 4) is 16.9 Å². The number of furan rings is 1. The SMILES string of the molecule is CN(C)c1oc(Br)c(O)c1-c1cc(C(F)(F)F)ccc1F. The number of halogens is 5. The van der Waals surface area contributed by atoms with E-state index in [0.29, 0.717) is 18.2 Å². The Kier molecular flexibility index (Phi) is 3.92. The predicted molar refractivity (Wildman–Crippen MR) is 72.8 cm³/mol. The van der Waals surface area contributed by atoms with E-state index in [2.05, 4.69) is 15.9 Å². The lowest BCUT2D eigenvalue weighted by atomic mass is 10.0. The van der Waals surface area contributed by atoms with Crippen LogP contribution in [0.3, 0.4) is 0 Å². The Balaban J connectivity index is 2.73. The number of benzene rings is 1. The Labute approximate surface area is 125 Å². The molecule has 1 heterocycles. The van der Waals surface area contributed by atoms with E-state index in [1.807, 2.05) is 0 Å². The molecular formula is C13H10BrF4NO2. The third kappa shape index (κ3) is 2.85. The molecule has 1 N–H and O–H groups in total. The first kappa shape index (κ1) is 15.7. The molecule has 114 valence electrons. The first-order valence-corrected chi connectivity index (χ1v) is 6.48. The average molecular weight is 368 g/mol. The smallest absolute Gasteiger partial charge is 0.416 e. The lowest BCUT2D eigenvalue weighted by Gasteiger charge is -2.13. The fourth-order valence-corrected chi connectivity index (χ4v) is 2.19. The van der Waals surface area contributed by atoms with Gasteiger partial charge in [-0.15, -0.1) is 0 Å². The highest BCUT2D eigenvalue weighted by Crippen LogP contribution is 2.47. The second kappa shape index (κ2) is 5.25. The molecule has 0 unspecified atom stereocenters. The summed E-state index contributed by atoms with van der Waals surface area (Å²) in [6.45, 7) is 0. The molecule has 0 saturated heterocycles. The summed E-state index contributed by atoms with van der Waals surface area (Å²) in [5.41, 5.74) is -1.55. The molecule has 0 atom stereocenters. The van der Waals surface area contributed by atoms with Crippen molar-refractivity contribution in [3.63, 3.8) is 0 Å². The second-order valence-corrected chi connectivity index (χ2v) is 5.21. The molecule has 0 aliphatic carbocycles. The molecule has 0 amide bonds. The maximum Gasteiger partial charge on any atom is 0.416 e. The van der Waals surface area contributed by atoms with Crippen molar-refractivity contribution in [1.82, 2.24) is 0 Å². The molecule has 1 aromatic carbocycles. The fourth-order valence-electron chi connectivity index (χ4n) is 1.83. The van der Waals surface area contributed by atoms with Crippen LogP contribution in [0.25, 0.3) is 11.1 Å². The predicted octanol–water partition coefficient (Wildman–Crippen LogP) is 4.64. The van der Waals surface area contributed by atoms with Crippen LogP contribution in [0.15, 0.2) is 27.3 Å². The number of hydrogen-bond acceptors (Lipinski definition) is 3. The number of anilines is 1. The minimum Gasteiger partial charge on any atom is -0.503 e. The zero-order valence-electron chi connectivity index (χ0n) is 10.9. The van der Waals surface area contributed by atoms with Crippen molar-refractivity contribution in [3.05, 3.63) is 34.2 Å². The van der Waals surface area contributed by atoms with Crippen LogP contribution >= 0.6 is 15.9 Å². The van der Waals surface area contributed by atoms with Gasteiger partial charge in [0.25, 0.3) is 0 Å². The van der Waals surface area contributed by atoms with Crippen LogP contribution in [-0.4, -0.2) is 19.2 Å². The van der Waals surface area contributed by atoms with E-state index in [9.17, 15) is 22.7 Å². The lowest BCUT2D eigenvalue weighted by Crippen LogP contribution is -2.09. The van der Waals surface area contributed by atoms with E-state index in [1.165, 1.54) is 4.90 Å². The summed E-state index contributed by atoms with van der Waals surface area (Å²) >= 11 is 2.93. The summed E-state index contributed by atoms with van der Waals surface area (Å²) < 4.78 is 57.3. The van der Waals surface area contributed by atoms with Crippen LogP contribution in [-0.2, 0) is 6.18 Å². The van der Waals surface area contributed by atoms with Gasteiger partial charge in [-0.25, -0.2) is 4.39 Å². The van der Waals surface area contributed by atoms with Crippen LogP contribution in [0, 0.1) is 5.82 Å². The molecule has 21 heavy (non-hydrogen) atoms. The van der Waals surface area contributed by atoms with Crippen LogP contribution in [0.1, 0.15) is 5.56 Å². The van der Waals surface area contributed by atoms with Gasteiger partial charge in [0.2, 0.25) is 10.6 Å². The summed E-state index contributed by atoms with van der Waals surface area (Å²) in [7, 11) is 3.11. The van der Waals surface area contributed by atoms with Gasteiger partial charge in [-0.1, -0.05) is 0 Å². The highest BCUT2D eigenvalue weighted by molar-refractivity contribution is 9.10. The van der Waals surface area contributed by atoms with E-state index < -0.39 is 23.3 Å². The number of nitrogens with zero attached hydrogens (tertiary/aromatic N) is 1. The Bertz CT molecular complexity index is 680. The fraction of sp³-hybridized carbons (Fsp3) is 0.231. The van der Waals surface area contributed by atoms with Gasteiger partial charge in [-0.3, -0.25) is 0 Å². The molecular weight excluding hydrogens is 358 g/mol. The van der Waals surface area contributed by atoms with Gasteiger partial charge in [0.05, 0.1) is 11.1 Å². The number of alkyl halides is 3. The topological polar surface area (TPSA) is 36.6 Å². The molecule has 0 spiro atoms. The molecule has 3 nitrogen and oxygen atoms in total. The Morgan fingerprint density at radius 3 is 2.38 bits per heavy atom. The third-order valence-corrected chi connectivity index (χ3v) is 3.33. The van der Waals surface area contributed by atoms with Crippen molar-refractivity contribution >= 4 is 21.8 Å². The Hall–Kier alpha value is -1.70. The van der Waals surface area contributed by atoms with Crippen molar-refractivity contribution in [2.75, 3.05) is 19.0 Å². The molecule has 0 aliphatic rings. The van der Waals surface area contributed by atoms with E-state index in [4.69, 9.17) is 4.42 Å². The average Bonchev–Trinajstić information content (AvgIpc) is 2.66. The van der Waals surface area contributed by atoms with Crippen LogP contribution in [0.5, 0.6) is 5.75 Å². The zero-order valence-corrected chi connectivity index (χ0v) is 12.5. The van der Waals surface area contributed by atoms with E-state index in [-0.39, 0.29) is 21.7 Å². The first-order valence-electron chi connectivity index (χ1n) is 5.68. The highest BCUT2D eigenvalue weighted by Gasteiger charge is 2.33. The third-order valence-electron chi connectivity index (χ3n) is 2.79. The first-order chi connectivity index (χ1) is 9.62. The summed E-state index contributed by atoms with van der Waals surface area (Å²) in [6.07, 6.45) is -4.61. The van der Waals surface area contributed by atoms with E-state index in [1.54, 1.807) is 14.1 Å². The maximum atomic E-state index is 13.9. The molecule has 2 rings (SSSR count). The number of hydrogen-bond donors (Lipinski definition) is 1. The summed E-state index contributed by atoms with van der Waals surface area (Å²) in [5, 5.41) is 9.92. The standard InChI is InChI=1S/C13H10BrF4NO2/c1-19(2)12-9(10(20)11(14)21-12)7-5-6(13(16,17)18)3-4-8(7)15/h3-5,20H,1-2H3. The highest BCUT2D eigenvalue weighted by atomic mass is 79.9. The van der Waals surface area contributed by atoms with Crippen molar-refractivity contribution in [2.45, 2.75) is 6.18 Å². The van der Waals surface area contributed by atoms with E-state index >= 15 is 0 Å². The van der Waals surface area contributed by atoms with Gasteiger partial charge in [0, 0.05) is 19.7 Å². The minimum absolute atomic E-state index is 0.0394. The molecule has 8 heteroatoms. The molecule has 0 bridgehead atoms. The molecule has 2 aromatic rings. The minimum atomic E-state index is -4.61. The van der Waals surface area contributed by atoms with Crippen molar-refractivity contribution in [2.24, 2.45) is 0 Å². The molecule has 0 saturated carbocycles. The Morgan fingerprint density at radius 1 is 1.24 bits per heavy atom. The lowest BCUT2D eigenvalue weighted by molar-refractivity contribution is -0.137. The van der Waals surface area contributed by atoms with E-state index in [0.717, 1.165) is 0 Å². The maximum absolute atomic E-state index is 13.9. The van der Waals surface area contributed by atoms with Crippen LogP contribution < -0.4 is 4.90 Å². The van der Waals surface area contributed by atoms with Crippen molar-refractivity contribution < 1.29 is 27.1 Å². The Morgan fingerprint density at radius 2 is 1.86 bits per heavy atom. The van der Waals surface area contributed by atoms with Gasteiger partial charge < -0.3 is 14.4 Å². The normalized spacial score (nSPS) is 11.8. The van der Waals surface area contributed by atoms with Gasteiger partial charge in [0.1, 0.15) is 5.82 Å². The monoisotopic (exact) mass is 367 g/mol. The zero-order chi connectivity index (χ0) is 15.9. The van der Waals surface area contributed by atoms with Crippen LogP contribution in [0.2, 0.25) is 0 Å². The van der Waals surface area contributed by atoms with Crippen molar-refractivity contribution in [1.29, 1.82) is 0 Å². The molecule has 1 aromatic heterocycles. The second-order valence-electron chi connectivity index (χ2n) is 4.49. The van der Waals surface area contributed by atoms with Gasteiger partial charge in [0.15, 0.2) is 5.75 Å². The number of aromatic hydroxyl groups is 1.